The number of hydrogen-bond acceptors (Lipinski definition) is 5. The molecule has 0 spiro atoms. The van der Waals surface area contributed by atoms with E-state index in [2.05, 4.69) is 63.2 Å². The molecular weight excluding hydrogens is 480 g/mol. The third-order valence-corrected chi connectivity index (χ3v) is 7.64. The van der Waals surface area contributed by atoms with E-state index in [1.807, 2.05) is 43.7 Å². The van der Waals surface area contributed by atoms with Crippen LogP contribution in [-0.2, 0) is 17.9 Å². The highest BCUT2D eigenvalue weighted by molar-refractivity contribution is 7.13. The molecule has 8 heteroatoms. The van der Waals surface area contributed by atoms with Gasteiger partial charge in [0.2, 0.25) is 5.91 Å². The first-order valence-electron chi connectivity index (χ1n) is 12.2. The van der Waals surface area contributed by atoms with E-state index < -0.39 is 0 Å². The first-order chi connectivity index (χ1) is 18.0. The lowest BCUT2D eigenvalue weighted by Crippen LogP contribution is -2.20. The summed E-state index contributed by atoms with van der Waals surface area (Å²) in [4.78, 5) is 18.9. The molecule has 6 aromatic rings. The SMILES string of the molecule is Cc1nn(Cc2cccc3ccccc23)c(C)c1NC(=O)Cn1nc(C)c2c(-c3cccs3)ccnc21. The molecule has 0 aliphatic heterocycles. The normalized spacial score (nSPS) is 11.4. The summed E-state index contributed by atoms with van der Waals surface area (Å²) in [5, 5.41) is 17.9. The van der Waals surface area contributed by atoms with Crippen LogP contribution in [0.4, 0.5) is 5.69 Å². The summed E-state index contributed by atoms with van der Waals surface area (Å²) in [5.41, 5.74) is 6.28. The van der Waals surface area contributed by atoms with Gasteiger partial charge in [0.1, 0.15) is 6.54 Å². The van der Waals surface area contributed by atoms with Gasteiger partial charge in [-0.25, -0.2) is 9.67 Å². The lowest BCUT2D eigenvalue weighted by molar-refractivity contribution is -0.116. The fraction of sp³-hybridized carbons (Fsp3) is 0.172. The molecule has 184 valence electrons. The minimum Gasteiger partial charge on any atom is -0.321 e. The number of carbonyl (C=O) groups is 1. The number of nitrogens with one attached hydrogen (secondary N) is 1. The Morgan fingerprint density at radius 1 is 0.919 bits per heavy atom. The molecule has 0 aliphatic carbocycles. The Labute approximate surface area is 218 Å². The van der Waals surface area contributed by atoms with E-state index in [4.69, 9.17) is 5.10 Å². The molecule has 0 saturated heterocycles. The van der Waals surface area contributed by atoms with E-state index in [1.54, 1.807) is 22.2 Å². The molecule has 0 atom stereocenters. The van der Waals surface area contributed by atoms with Gasteiger partial charge in [0.05, 0.1) is 34.7 Å². The predicted octanol–water partition coefficient (Wildman–Crippen LogP) is 6.12. The maximum Gasteiger partial charge on any atom is 0.246 e. The lowest BCUT2D eigenvalue weighted by atomic mass is 10.0. The highest BCUT2D eigenvalue weighted by Crippen LogP contribution is 2.32. The molecule has 0 aliphatic rings. The van der Waals surface area contributed by atoms with Crippen LogP contribution in [0.2, 0.25) is 0 Å². The lowest BCUT2D eigenvalue weighted by Gasteiger charge is -2.10. The third kappa shape index (κ3) is 4.19. The molecule has 37 heavy (non-hydrogen) atoms. The highest BCUT2D eigenvalue weighted by atomic mass is 32.1. The van der Waals surface area contributed by atoms with Gasteiger partial charge < -0.3 is 5.32 Å². The van der Waals surface area contributed by atoms with Gasteiger partial charge >= 0.3 is 0 Å². The largest absolute Gasteiger partial charge is 0.321 e. The molecule has 6 rings (SSSR count). The topological polar surface area (TPSA) is 77.6 Å². The van der Waals surface area contributed by atoms with E-state index in [0.717, 1.165) is 38.6 Å². The summed E-state index contributed by atoms with van der Waals surface area (Å²) in [6, 6.07) is 20.8. The van der Waals surface area contributed by atoms with Crippen LogP contribution in [-0.4, -0.2) is 30.5 Å². The van der Waals surface area contributed by atoms with Crippen LogP contribution in [0.1, 0.15) is 22.6 Å². The number of fused-ring (bicyclic) bond motifs is 2. The van der Waals surface area contributed by atoms with Crippen molar-refractivity contribution in [2.45, 2.75) is 33.9 Å². The van der Waals surface area contributed by atoms with Crippen LogP contribution in [0, 0.1) is 20.8 Å². The van der Waals surface area contributed by atoms with Gasteiger partial charge in [-0.3, -0.25) is 9.48 Å². The number of aromatic nitrogens is 5. The zero-order chi connectivity index (χ0) is 25.5. The van der Waals surface area contributed by atoms with Crippen molar-refractivity contribution >= 4 is 44.7 Å². The van der Waals surface area contributed by atoms with Crippen molar-refractivity contribution in [2.75, 3.05) is 5.32 Å². The van der Waals surface area contributed by atoms with E-state index in [0.29, 0.717) is 12.2 Å². The quantitative estimate of drug-likeness (QED) is 0.295. The van der Waals surface area contributed by atoms with Crippen molar-refractivity contribution in [1.82, 2.24) is 24.5 Å². The first-order valence-corrected chi connectivity index (χ1v) is 13.0. The molecular formula is C29H26N6OS. The Kier molecular flexibility index (Phi) is 5.81. The molecule has 4 aromatic heterocycles. The standard InChI is InChI=1S/C29H26N6OS/c1-18-27-24(25-12-7-15-37-25)13-14-30-29(27)35(32-18)17-26(36)31-28-19(2)33-34(20(28)3)16-22-10-6-9-21-8-4-5-11-23(21)22/h4-15H,16-17H2,1-3H3,(H,31,36). The van der Waals surface area contributed by atoms with Crippen LogP contribution in [0.3, 0.4) is 0 Å². The van der Waals surface area contributed by atoms with Gasteiger partial charge in [0, 0.05) is 16.6 Å². The maximum absolute atomic E-state index is 13.2. The zero-order valence-electron chi connectivity index (χ0n) is 20.9. The summed E-state index contributed by atoms with van der Waals surface area (Å²) in [5.74, 6) is -0.163. The molecule has 2 aromatic carbocycles. The summed E-state index contributed by atoms with van der Waals surface area (Å²) < 4.78 is 3.64. The number of thiophene rings is 1. The zero-order valence-corrected chi connectivity index (χ0v) is 21.7. The second-order valence-corrected chi connectivity index (χ2v) is 10.1. The average Bonchev–Trinajstić information content (AvgIpc) is 3.61. The number of aryl methyl sites for hydroxylation is 2. The number of nitrogens with zero attached hydrogens (tertiary/aromatic N) is 5. The first kappa shape index (κ1) is 23.1. The van der Waals surface area contributed by atoms with Gasteiger partial charge in [-0.2, -0.15) is 10.2 Å². The summed E-state index contributed by atoms with van der Waals surface area (Å²) in [6.07, 6.45) is 1.78. The predicted molar refractivity (Wildman–Crippen MR) is 149 cm³/mol. The van der Waals surface area contributed by atoms with E-state index in [-0.39, 0.29) is 12.5 Å². The van der Waals surface area contributed by atoms with Crippen LogP contribution in [0.5, 0.6) is 0 Å². The minimum absolute atomic E-state index is 0.0681. The van der Waals surface area contributed by atoms with Crippen LogP contribution < -0.4 is 5.32 Å². The van der Waals surface area contributed by atoms with Gasteiger partial charge in [0.15, 0.2) is 5.65 Å². The van der Waals surface area contributed by atoms with E-state index in [9.17, 15) is 4.79 Å². The third-order valence-electron chi connectivity index (χ3n) is 6.73. The fourth-order valence-electron chi connectivity index (χ4n) is 4.97. The smallest absolute Gasteiger partial charge is 0.246 e. The van der Waals surface area contributed by atoms with Crippen LogP contribution >= 0.6 is 11.3 Å². The number of amides is 1. The number of rotatable bonds is 6. The minimum atomic E-state index is -0.163. The molecule has 0 radical (unpaired) electrons. The van der Waals surface area contributed by atoms with Crippen LogP contribution in [0.15, 0.2) is 72.2 Å². The van der Waals surface area contributed by atoms with Gasteiger partial charge in [-0.15, -0.1) is 11.3 Å². The molecule has 0 saturated carbocycles. The Morgan fingerprint density at radius 3 is 2.57 bits per heavy atom. The maximum atomic E-state index is 13.2. The Morgan fingerprint density at radius 2 is 1.73 bits per heavy atom. The van der Waals surface area contributed by atoms with E-state index in [1.165, 1.54) is 16.3 Å². The van der Waals surface area contributed by atoms with Crippen LogP contribution in [0.25, 0.3) is 32.2 Å². The number of pyridine rings is 1. The summed E-state index contributed by atoms with van der Waals surface area (Å²) in [6.45, 7) is 6.57. The van der Waals surface area contributed by atoms with Gasteiger partial charge in [-0.1, -0.05) is 48.5 Å². The Hall–Kier alpha value is -4.30. The molecule has 7 nitrogen and oxygen atoms in total. The Balaban J connectivity index is 1.25. The van der Waals surface area contributed by atoms with Crippen molar-refractivity contribution in [2.24, 2.45) is 0 Å². The second kappa shape index (κ2) is 9.29. The van der Waals surface area contributed by atoms with Crippen molar-refractivity contribution < 1.29 is 4.79 Å². The molecule has 1 amide bonds. The van der Waals surface area contributed by atoms with Crippen molar-refractivity contribution in [3.05, 3.63) is 94.9 Å². The summed E-state index contributed by atoms with van der Waals surface area (Å²) in [7, 11) is 0. The molecule has 0 unspecified atom stereocenters. The van der Waals surface area contributed by atoms with Crippen molar-refractivity contribution in [3.8, 4) is 10.4 Å². The van der Waals surface area contributed by atoms with Gasteiger partial charge in [-0.05, 0) is 54.6 Å². The van der Waals surface area contributed by atoms with E-state index >= 15 is 0 Å². The van der Waals surface area contributed by atoms with Crippen molar-refractivity contribution in [1.29, 1.82) is 0 Å². The number of anilines is 1. The summed E-state index contributed by atoms with van der Waals surface area (Å²) >= 11 is 1.68. The molecule has 1 N–H and O–H groups in total. The molecule has 4 heterocycles. The average molecular weight is 507 g/mol. The number of benzene rings is 2. The molecule has 0 bridgehead atoms. The fourth-order valence-corrected chi connectivity index (χ4v) is 5.73. The Bertz CT molecular complexity index is 1760. The van der Waals surface area contributed by atoms with Gasteiger partial charge in [0.25, 0.3) is 0 Å². The monoisotopic (exact) mass is 506 g/mol. The number of hydrogen-bond donors (Lipinski definition) is 1. The van der Waals surface area contributed by atoms with Crippen molar-refractivity contribution in [3.63, 3.8) is 0 Å². The second-order valence-electron chi connectivity index (χ2n) is 9.17. The highest BCUT2D eigenvalue weighted by Gasteiger charge is 2.19. The molecule has 0 fully saturated rings. The number of carbonyl (C=O) groups excluding carboxylic acids is 1.